The van der Waals surface area contributed by atoms with Crippen LogP contribution in [0.25, 0.3) is 0 Å². The maximum absolute atomic E-state index is 12.6. The van der Waals surface area contributed by atoms with Crippen LogP contribution in [0.1, 0.15) is 232 Å². The fraction of sp³-hybridized carbons (Fsp3) is 0.915. The van der Waals surface area contributed by atoms with Crippen molar-refractivity contribution in [3.63, 3.8) is 0 Å². The van der Waals surface area contributed by atoms with E-state index in [1.54, 1.807) is 27.7 Å². The number of hydrogen-bond donors (Lipinski definition) is 3. The molecule has 15 heteroatoms. The molecule has 7 unspecified atom stereocenters. The van der Waals surface area contributed by atoms with Crippen LogP contribution in [0.4, 0.5) is 0 Å². The van der Waals surface area contributed by atoms with E-state index in [4.69, 9.17) is 38.3 Å². The van der Waals surface area contributed by atoms with Crippen molar-refractivity contribution in [3.8, 4) is 0 Å². The summed E-state index contributed by atoms with van der Waals surface area (Å²) < 4.78 is 41.0. The number of carboxylic acids is 1. The van der Waals surface area contributed by atoms with Gasteiger partial charge in [-0.25, -0.2) is 4.79 Å². The van der Waals surface area contributed by atoms with Crippen molar-refractivity contribution in [1.29, 1.82) is 0 Å². The van der Waals surface area contributed by atoms with Crippen molar-refractivity contribution in [2.24, 2.45) is 50.7 Å². The molecule has 3 heterocycles. The van der Waals surface area contributed by atoms with Crippen LogP contribution < -0.4 is 0 Å². The highest BCUT2D eigenvalue weighted by Gasteiger charge is 2.67. The lowest BCUT2D eigenvalue weighted by molar-refractivity contribution is -0.264. The Balaban J connectivity index is 0.000000152. The van der Waals surface area contributed by atoms with Gasteiger partial charge in [0, 0.05) is 37.5 Å². The van der Waals surface area contributed by atoms with Crippen molar-refractivity contribution in [1.82, 2.24) is 0 Å². The number of rotatable bonds is 12. The van der Waals surface area contributed by atoms with Crippen molar-refractivity contribution in [2.75, 3.05) is 0 Å². The summed E-state index contributed by atoms with van der Waals surface area (Å²) in [6.45, 7) is 27.0. The summed E-state index contributed by atoms with van der Waals surface area (Å²) >= 11 is 0. The molecule has 0 aromatic heterocycles. The fourth-order valence-corrected chi connectivity index (χ4v) is 14.4. The lowest BCUT2D eigenvalue weighted by atomic mass is 9.46. The number of hydrogen-bond acceptors (Lipinski definition) is 14. The molecule has 15 nitrogen and oxygen atoms in total. The first-order chi connectivity index (χ1) is 34.1. The molecule has 8 bridgehead atoms. The zero-order chi connectivity index (χ0) is 54.9. The summed E-state index contributed by atoms with van der Waals surface area (Å²) in [5.74, 6) is 0.434. The topological polar surface area (TPSA) is 211 Å². The minimum Gasteiger partial charge on any atom is -0.481 e. The molecule has 12 fully saturated rings. The van der Waals surface area contributed by atoms with Gasteiger partial charge in [0.2, 0.25) is 6.10 Å². The molecule has 0 aromatic carbocycles. The average Bonchev–Trinajstić information content (AvgIpc) is 3.90. The largest absolute Gasteiger partial charge is 0.481 e. The highest BCUT2D eigenvalue weighted by atomic mass is 16.9. The Kier molecular flexibility index (Phi) is 16.5. The minimum atomic E-state index is -1.05. The standard InChI is InChI=1S/C19H32O2.C18H26O7.C16H26O4.C6H12O2/c1-6-17(2,3)16(20)21-18(4,5)19-10-13-7-14(11-19)9-15(8-13)12-19;1-4-17(2,3)16(20)23-12-10-11(21-14(12)19)13-15(22-10)25-18(24-13)8-6-5-7-9-18;1-4-13(2,3)12(17)20-16-7-11-5-14(18,9-16)8-15(19,6-11)10-16;1-4-6(2,3)5(7)8/h13-15H,6-12H2,1-5H3;10-13,15H,4-9H2,1-3H3;11,18-19H,4-10H2,1-3H3;4H2,1-3H3,(H,7,8). The zero-order valence-electron chi connectivity index (χ0n) is 47.8. The Hall–Kier alpha value is -2.85. The second-order valence-corrected chi connectivity index (χ2v) is 28.3. The first kappa shape index (κ1) is 58.8. The van der Waals surface area contributed by atoms with Crippen molar-refractivity contribution < 1.29 is 72.5 Å². The third kappa shape index (κ3) is 11.9. The molecule has 3 aliphatic heterocycles. The van der Waals surface area contributed by atoms with E-state index < -0.39 is 87.4 Å². The molecular weight excluding hydrogens is 949 g/mol. The van der Waals surface area contributed by atoms with Gasteiger partial charge in [-0.3, -0.25) is 19.2 Å². The Morgan fingerprint density at radius 2 is 1.07 bits per heavy atom. The summed E-state index contributed by atoms with van der Waals surface area (Å²) in [6, 6.07) is 0. The molecule has 12 rings (SSSR count). The molecule has 3 saturated heterocycles. The van der Waals surface area contributed by atoms with E-state index in [0.29, 0.717) is 32.1 Å². The van der Waals surface area contributed by atoms with Gasteiger partial charge in [-0.05, 0) is 189 Å². The molecule has 0 aromatic rings. The summed E-state index contributed by atoms with van der Waals surface area (Å²) in [7, 11) is 0. The second-order valence-electron chi connectivity index (χ2n) is 28.3. The molecule has 422 valence electrons. The Morgan fingerprint density at radius 3 is 1.53 bits per heavy atom. The molecule has 12 aliphatic rings. The Morgan fingerprint density at radius 1 is 0.581 bits per heavy atom. The van der Waals surface area contributed by atoms with Gasteiger partial charge in [0.15, 0.2) is 24.3 Å². The quantitative estimate of drug-likeness (QED) is 0.123. The van der Waals surface area contributed by atoms with Gasteiger partial charge < -0.3 is 48.5 Å². The highest BCUT2D eigenvalue weighted by Crippen LogP contribution is 2.65. The number of carboxylic acid groups (broad SMARTS) is 1. The van der Waals surface area contributed by atoms with E-state index in [2.05, 4.69) is 20.8 Å². The van der Waals surface area contributed by atoms with Crippen LogP contribution in [-0.2, 0) is 57.1 Å². The molecule has 1 spiro atoms. The highest BCUT2D eigenvalue weighted by molar-refractivity contribution is 5.84. The first-order valence-electron chi connectivity index (χ1n) is 28.7. The SMILES string of the molecule is CCC(C)(C)C(=O)O.CCC(C)(C)C(=O)OC(C)(C)C12CC3CC(CC(C3)C1)C2.CCC(C)(C)C(=O)OC12CC3CC(O)(CC(O)(C3)C1)C2.CCC(C)(C)C(=O)OC1C(=O)OC2C3OC4(CCCCC4)OC3OC12. The van der Waals surface area contributed by atoms with Crippen molar-refractivity contribution in [2.45, 2.75) is 291 Å². The van der Waals surface area contributed by atoms with Gasteiger partial charge in [0.1, 0.15) is 17.3 Å². The number of esters is 4. The van der Waals surface area contributed by atoms with E-state index in [-0.39, 0.29) is 34.3 Å². The molecular formula is C59H96O15. The minimum absolute atomic E-state index is 0.00857. The zero-order valence-corrected chi connectivity index (χ0v) is 47.8. The first-order valence-corrected chi connectivity index (χ1v) is 28.7. The van der Waals surface area contributed by atoms with Crippen molar-refractivity contribution >= 4 is 29.8 Å². The number of fused-ring (bicyclic) bond motifs is 3. The second kappa shape index (κ2) is 20.7. The van der Waals surface area contributed by atoms with E-state index in [1.807, 2.05) is 48.5 Å². The fourth-order valence-electron chi connectivity index (χ4n) is 14.4. The van der Waals surface area contributed by atoms with Gasteiger partial charge >= 0.3 is 29.8 Å². The number of aliphatic carboxylic acids is 1. The Labute approximate surface area is 442 Å². The van der Waals surface area contributed by atoms with Crippen LogP contribution in [0.15, 0.2) is 0 Å². The molecule has 0 amide bonds. The third-order valence-electron chi connectivity index (χ3n) is 20.2. The molecule has 0 radical (unpaired) electrons. The summed E-state index contributed by atoms with van der Waals surface area (Å²) in [5, 5.41) is 29.8. The van der Waals surface area contributed by atoms with Crippen LogP contribution in [0, 0.1) is 50.7 Å². The third-order valence-corrected chi connectivity index (χ3v) is 20.2. The predicted octanol–water partition coefficient (Wildman–Crippen LogP) is 10.7. The van der Waals surface area contributed by atoms with E-state index >= 15 is 0 Å². The molecule has 9 saturated carbocycles. The molecule has 9 aliphatic carbocycles. The normalized spacial score (nSPS) is 38.0. The van der Waals surface area contributed by atoms with Gasteiger partial charge in [-0.15, -0.1) is 0 Å². The molecule has 3 N–H and O–H groups in total. The van der Waals surface area contributed by atoms with Crippen LogP contribution >= 0.6 is 0 Å². The molecule has 7 atom stereocenters. The average molecular weight is 1050 g/mol. The van der Waals surface area contributed by atoms with Gasteiger partial charge in [0.25, 0.3) is 0 Å². The van der Waals surface area contributed by atoms with Crippen molar-refractivity contribution in [3.05, 3.63) is 0 Å². The summed E-state index contributed by atoms with van der Waals surface area (Å²) in [4.78, 5) is 59.8. The van der Waals surface area contributed by atoms with Gasteiger partial charge in [0.05, 0.1) is 32.9 Å². The number of carbonyl (C=O) groups excluding carboxylic acids is 4. The number of ether oxygens (including phenoxy) is 7. The summed E-state index contributed by atoms with van der Waals surface area (Å²) in [6.07, 6.45) is 16.3. The lowest BCUT2D eigenvalue weighted by Gasteiger charge is -2.62. The summed E-state index contributed by atoms with van der Waals surface area (Å²) in [5.41, 5.74) is -4.46. The maximum atomic E-state index is 12.6. The van der Waals surface area contributed by atoms with E-state index in [9.17, 15) is 34.2 Å². The van der Waals surface area contributed by atoms with Crippen LogP contribution in [-0.4, -0.2) is 104 Å². The number of carbonyl (C=O) groups is 5. The van der Waals surface area contributed by atoms with Gasteiger partial charge in [-0.2, -0.15) is 0 Å². The van der Waals surface area contributed by atoms with Crippen LogP contribution in [0.2, 0.25) is 0 Å². The predicted molar refractivity (Wildman–Crippen MR) is 275 cm³/mol. The number of aliphatic hydroxyl groups is 2. The smallest absolute Gasteiger partial charge is 0.350 e. The monoisotopic (exact) mass is 1040 g/mol. The lowest BCUT2D eigenvalue weighted by Crippen LogP contribution is -2.67. The van der Waals surface area contributed by atoms with Crippen LogP contribution in [0.3, 0.4) is 0 Å². The van der Waals surface area contributed by atoms with Crippen LogP contribution in [0.5, 0.6) is 0 Å². The molecule has 74 heavy (non-hydrogen) atoms. The van der Waals surface area contributed by atoms with Gasteiger partial charge in [-0.1, -0.05) is 34.1 Å². The maximum Gasteiger partial charge on any atom is 0.350 e. The van der Waals surface area contributed by atoms with E-state index in [0.717, 1.165) is 75.5 Å². The Bertz CT molecular complexity index is 2030. The van der Waals surface area contributed by atoms with E-state index in [1.165, 1.54) is 44.9 Å².